The minimum atomic E-state index is -0.337. The fraction of sp³-hybridized carbons (Fsp3) is 0.286. The number of aryl methyl sites for hydroxylation is 1. The van der Waals surface area contributed by atoms with E-state index in [1.54, 1.807) is 13.1 Å². The molecule has 19 heavy (non-hydrogen) atoms. The highest BCUT2D eigenvalue weighted by atomic mass is 16.3. The molecule has 0 spiro atoms. The van der Waals surface area contributed by atoms with Crippen molar-refractivity contribution in [2.24, 2.45) is 0 Å². The van der Waals surface area contributed by atoms with Crippen molar-refractivity contribution in [1.82, 2.24) is 10.3 Å². The van der Waals surface area contributed by atoms with E-state index in [9.17, 15) is 4.79 Å². The van der Waals surface area contributed by atoms with E-state index >= 15 is 0 Å². The van der Waals surface area contributed by atoms with Crippen LogP contribution in [0.1, 0.15) is 12.5 Å². The molecule has 1 aromatic carbocycles. The number of anilines is 1. The first kappa shape index (κ1) is 13.3. The number of rotatable bonds is 3. The smallest absolute Gasteiger partial charge is 0.319 e. The zero-order valence-corrected chi connectivity index (χ0v) is 11.0. The largest absolute Gasteiger partial charge is 0.394 e. The Kier molecular flexibility index (Phi) is 3.97. The number of urea groups is 1. The zero-order valence-electron chi connectivity index (χ0n) is 11.0. The van der Waals surface area contributed by atoms with E-state index in [1.807, 2.05) is 31.2 Å². The van der Waals surface area contributed by atoms with Crippen molar-refractivity contribution in [2.45, 2.75) is 19.9 Å². The number of aliphatic hydroxyl groups excluding tert-OH is 1. The molecular formula is C14H17N3O2. The van der Waals surface area contributed by atoms with E-state index in [-0.39, 0.29) is 18.7 Å². The molecule has 0 radical (unpaired) electrons. The third-order valence-corrected chi connectivity index (χ3v) is 2.87. The van der Waals surface area contributed by atoms with Gasteiger partial charge >= 0.3 is 6.03 Å². The summed E-state index contributed by atoms with van der Waals surface area (Å²) in [5, 5.41) is 15.2. The van der Waals surface area contributed by atoms with E-state index in [0.717, 1.165) is 16.5 Å². The third kappa shape index (κ3) is 3.00. The quantitative estimate of drug-likeness (QED) is 0.789. The summed E-state index contributed by atoms with van der Waals surface area (Å²) >= 11 is 0. The lowest BCUT2D eigenvalue weighted by atomic mass is 10.1. The van der Waals surface area contributed by atoms with Crippen LogP contribution in [0, 0.1) is 6.92 Å². The second kappa shape index (κ2) is 5.67. The van der Waals surface area contributed by atoms with Crippen LogP contribution in [0.15, 0.2) is 30.5 Å². The topological polar surface area (TPSA) is 74.2 Å². The molecule has 0 fully saturated rings. The van der Waals surface area contributed by atoms with Gasteiger partial charge in [-0.05, 0) is 37.6 Å². The maximum Gasteiger partial charge on any atom is 0.319 e. The molecule has 1 heterocycles. The van der Waals surface area contributed by atoms with Gasteiger partial charge in [-0.2, -0.15) is 0 Å². The lowest BCUT2D eigenvalue weighted by Crippen LogP contribution is -2.38. The molecule has 0 unspecified atom stereocenters. The number of benzene rings is 1. The molecule has 0 saturated heterocycles. The number of amides is 2. The van der Waals surface area contributed by atoms with Crippen molar-refractivity contribution < 1.29 is 9.90 Å². The Hall–Kier alpha value is -2.14. The fourth-order valence-corrected chi connectivity index (χ4v) is 1.85. The van der Waals surface area contributed by atoms with Crippen molar-refractivity contribution in [2.75, 3.05) is 11.9 Å². The van der Waals surface area contributed by atoms with Crippen molar-refractivity contribution in [3.8, 4) is 0 Å². The van der Waals surface area contributed by atoms with Crippen LogP contribution in [0.25, 0.3) is 10.9 Å². The van der Waals surface area contributed by atoms with Gasteiger partial charge in [-0.3, -0.25) is 4.98 Å². The number of aromatic nitrogens is 1. The van der Waals surface area contributed by atoms with Gasteiger partial charge in [-0.25, -0.2) is 4.79 Å². The minimum absolute atomic E-state index is 0.0936. The monoisotopic (exact) mass is 259 g/mol. The van der Waals surface area contributed by atoms with Gasteiger partial charge in [0.15, 0.2) is 0 Å². The Balaban J connectivity index is 2.26. The Labute approximate surface area is 111 Å². The van der Waals surface area contributed by atoms with Crippen LogP contribution in [0.4, 0.5) is 10.5 Å². The zero-order chi connectivity index (χ0) is 13.8. The van der Waals surface area contributed by atoms with Gasteiger partial charge in [0.25, 0.3) is 0 Å². The molecule has 2 amide bonds. The minimum Gasteiger partial charge on any atom is -0.394 e. The lowest BCUT2D eigenvalue weighted by molar-refractivity contribution is 0.229. The van der Waals surface area contributed by atoms with Gasteiger partial charge < -0.3 is 15.7 Å². The van der Waals surface area contributed by atoms with Gasteiger partial charge in [0.05, 0.1) is 23.9 Å². The molecule has 0 aliphatic rings. The number of aliphatic hydroxyl groups is 1. The molecular weight excluding hydrogens is 242 g/mol. The predicted molar refractivity (Wildman–Crippen MR) is 75.2 cm³/mol. The van der Waals surface area contributed by atoms with Crippen LogP contribution in [-0.4, -0.2) is 28.8 Å². The highest BCUT2D eigenvalue weighted by molar-refractivity contribution is 6.01. The van der Waals surface area contributed by atoms with Gasteiger partial charge in [0, 0.05) is 11.6 Å². The molecule has 0 saturated carbocycles. The maximum atomic E-state index is 11.8. The molecule has 2 rings (SSSR count). The molecule has 5 nitrogen and oxygen atoms in total. The van der Waals surface area contributed by atoms with Crippen LogP contribution >= 0.6 is 0 Å². The first-order valence-corrected chi connectivity index (χ1v) is 6.14. The number of hydrogen-bond acceptors (Lipinski definition) is 3. The summed E-state index contributed by atoms with van der Waals surface area (Å²) in [4.78, 5) is 16.1. The SMILES string of the molecule is Cc1ccc(NC(=O)N[C@@H](C)CO)c2cccnc12. The number of pyridine rings is 1. The van der Waals surface area contributed by atoms with Crippen LogP contribution in [0.5, 0.6) is 0 Å². The predicted octanol–water partition coefficient (Wildman–Crippen LogP) is 2.05. The van der Waals surface area contributed by atoms with Crippen LogP contribution in [-0.2, 0) is 0 Å². The summed E-state index contributed by atoms with van der Waals surface area (Å²) < 4.78 is 0. The van der Waals surface area contributed by atoms with Gasteiger partial charge in [0.2, 0.25) is 0 Å². The average molecular weight is 259 g/mol. The number of nitrogens with zero attached hydrogens (tertiary/aromatic N) is 1. The van der Waals surface area contributed by atoms with Crippen LogP contribution in [0.2, 0.25) is 0 Å². The van der Waals surface area contributed by atoms with Crippen LogP contribution < -0.4 is 10.6 Å². The van der Waals surface area contributed by atoms with E-state index in [1.165, 1.54) is 0 Å². The molecule has 0 aliphatic heterocycles. The molecule has 0 bridgehead atoms. The maximum absolute atomic E-state index is 11.8. The Bertz CT molecular complexity index is 598. The molecule has 1 atom stereocenters. The van der Waals surface area contributed by atoms with Gasteiger partial charge in [-0.1, -0.05) is 6.07 Å². The fourth-order valence-electron chi connectivity index (χ4n) is 1.85. The normalized spacial score (nSPS) is 12.2. The van der Waals surface area contributed by atoms with Crippen molar-refractivity contribution in [1.29, 1.82) is 0 Å². The summed E-state index contributed by atoms with van der Waals surface area (Å²) in [7, 11) is 0. The molecule has 5 heteroatoms. The van der Waals surface area contributed by atoms with Gasteiger partial charge in [0.1, 0.15) is 0 Å². The number of fused-ring (bicyclic) bond motifs is 1. The van der Waals surface area contributed by atoms with Crippen LogP contribution in [0.3, 0.4) is 0 Å². The molecule has 100 valence electrons. The number of nitrogens with one attached hydrogen (secondary N) is 2. The lowest BCUT2D eigenvalue weighted by Gasteiger charge is -2.13. The summed E-state index contributed by atoms with van der Waals surface area (Å²) in [5.74, 6) is 0. The van der Waals surface area contributed by atoms with Gasteiger partial charge in [-0.15, -0.1) is 0 Å². The second-order valence-electron chi connectivity index (χ2n) is 4.51. The number of carbonyl (C=O) groups is 1. The molecule has 2 aromatic rings. The molecule has 3 N–H and O–H groups in total. The summed E-state index contributed by atoms with van der Waals surface area (Å²) in [6.07, 6.45) is 1.73. The van der Waals surface area contributed by atoms with Crippen molar-refractivity contribution >= 4 is 22.6 Å². The Morgan fingerprint density at radius 1 is 1.42 bits per heavy atom. The second-order valence-corrected chi connectivity index (χ2v) is 4.51. The molecule has 0 aliphatic carbocycles. The summed E-state index contributed by atoms with van der Waals surface area (Å²) in [6.45, 7) is 3.62. The first-order chi connectivity index (χ1) is 9.11. The summed E-state index contributed by atoms with van der Waals surface area (Å²) in [5.41, 5.74) is 2.64. The van der Waals surface area contributed by atoms with E-state index in [0.29, 0.717) is 5.69 Å². The Morgan fingerprint density at radius 2 is 2.21 bits per heavy atom. The number of carbonyl (C=O) groups excluding carboxylic acids is 1. The standard InChI is InChI=1S/C14H17N3O2/c1-9-5-6-12(11-4-3-7-15-13(9)11)17-14(19)16-10(2)8-18/h3-7,10,18H,8H2,1-2H3,(H2,16,17,19)/t10-/m0/s1. The Morgan fingerprint density at radius 3 is 2.95 bits per heavy atom. The van der Waals surface area contributed by atoms with Crippen molar-refractivity contribution in [3.05, 3.63) is 36.0 Å². The van der Waals surface area contributed by atoms with Crippen molar-refractivity contribution in [3.63, 3.8) is 0 Å². The first-order valence-electron chi connectivity index (χ1n) is 6.14. The van der Waals surface area contributed by atoms with E-state index in [2.05, 4.69) is 15.6 Å². The highest BCUT2D eigenvalue weighted by Crippen LogP contribution is 2.24. The molecule has 1 aromatic heterocycles. The van der Waals surface area contributed by atoms with E-state index in [4.69, 9.17) is 5.11 Å². The summed E-state index contributed by atoms with van der Waals surface area (Å²) in [6, 6.07) is 6.90. The average Bonchev–Trinajstić information content (AvgIpc) is 2.42. The van der Waals surface area contributed by atoms with E-state index < -0.39 is 0 Å². The number of hydrogen-bond donors (Lipinski definition) is 3. The highest BCUT2D eigenvalue weighted by Gasteiger charge is 2.09. The third-order valence-electron chi connectivity index (χ3n) is 2.87.